The summed E-state index contributed by atoms with van der Waals surface area (Å²) in [6.07, 6.45) is -3.41. The van der Waals surface area contributed by atoms with Crippen molar-refractivity contribution in [1.29, 1.82) is 0 Å². The second-order valence-electron chi connectivity index (χ2n) is 3.14. The van der Waals surface area contributed by atoms with Gasteiger partial charge in [-0.2, -0.15) is 13.2 Å². The van der Waals surface area contributed by atoms with Gasteiger partial charge in [0.1, 0.15) is 6.29 Å². The Morgan fingerprint density at radius 3 is 1.62 bits per heavy atom. The highest BCUT2D eigenvalue weighted by Gasteiger charge is 2.29. The molecule has 0 saturated carbocycles. The molecule has 1 atom stereocenters. The van der Waals surface area contributed by atoms with E-state index in [2.05, 4.69) is 21.2 Å². The van der Waals surface area contributed by atoms with Crippen molar-refractivity contribution in [3.8, 4) is 0 Å². The van der Waals surface area contributed by atoms with Crippen LogP contribution in [0.1, 0.15) is 40.2 Å². The highest BCUT2D eigenvalue weighted by molar-refractivity contribution is 9.09. The minimum absolute atomic E-state index is 0.0162. The Kier molecular flexibility index (Phi) is 18.2. The summed E-state index contributed by atoms with van der Waals surface area (Å²) < 4.78 is 36.0. The molecule has 0 spiro atoms. The summed E-state index contributed by atoms with van der Waals surface area (Å²) in [5.74, 6) is 0. The van der Waals surface area contributed by atoms with Crippen LogP contribution in [0.4, 0.5) is 18.9 Å². The predicted octanol–water partition coefficient (Wildman–Crippen LogP) is 5.77. The molecule has 0 amide bonds. The molecule has 0 aromatic heterocycles. The Bertz CT molecular complexity index is 338. The van der Waals surface area contributed by atoms with Crippen molar-refractivity contribution in [1.82, 2.24) is 0 Å². The van der Waals surface area contributed by atoms with Crippen LogP contribution in [0, 0.1) is 0 Å². The van der Waals surface area contributed by atoms with E-state index in [9.17, 15) is 18.0 Å². The number of hydrogen-bond acceptors (Lipinski definition) is 2. The first-order chi connectivity index (χ1) is 9.81. The molecule has 1 aromatic carbocycles. The Labute approximate surface area is 134 Å². The molecule has 1 unspecified atom stereocenters. The average molecular weight is 372 g/mol. The number of benzene rings is 1. The van der Waals surface area contributed by atoms with Gasteiger partial charge in [-0.25, -0.2) is 0 Å². The van der Waals surface area contributed by atoms with Crippen LogP contribution in [0.15, 0.2) is 24.3 Å². The number of rotatable bonds is 2. The second-order valence-corrected chi connectivity index (χ2v) is 4.58. The SMILES string of the molecule is CC.CC.CC(Br)C=O.CNc1ccc(C(F)(F)F)cc1. The Morgan fingerprint density at radius 1 is 1.10 bits per heavy atom. The molecule has 0 saturated heterocycles. The zero-order valence-electron chi connectivity index (χ0n) is 13.4. The van der Waals surface area contributed by atoms with Crippen LogP contribution in [0.25, 0.3) is 0 Å². The van der Waals surface area contributed by atoms with Crippen LogP contribution in [-0.4, -0.2) is 18.2 Å². The van der Waals surface area contributed by atoms with E-state index >= 15 is 0 Å². The maximum absolute atomic E-state index is 12.0. The summed E-state index contributed by atoms with van der Waals surface area (Å²) in [7, 11) is 1.66. The molecule has 1 aromatic rings. The van der Waals surface area contributed by atoms with Gasteiger partial charge < -0.3 is 10.1 Å². The van der Waals surface area contributed by atoms with Gasteiger partial charge in [0.05, 0.1) is 10.4 Å². The summed E-state index contributed by atoms with van der Waals surface area (Å²) in [6, 6.07) is 4.88. The number of halogens is 4. The highest BCUT2D eigenvalue weighted by atomic mass is 79.9. The van der Waals surface area contributed by atoms with E-state index in [0.29, 0.717) is 5.69 Å². The van der Waals surface area contributed by atoms with Crippen LogP contribution >= 0.6 is 15.9 Å². The van der Waals surface area contributed by atoms with E-state index in [4.69, 9.17) is 0 Å². The lowest BCUT2D eigenvalue weighted by molar-refractivity contribution is -0.137. The number of carbonyl (C=O) groups excluding carboxylic acids is 1. The molecule has 0 aliphatic carbocycles. The molecule has 1 N–H and O–H groups in total. The van der Waals surface area contributed by atoms with Gasteiger partial charge in [0.2, 0.25) is 0 Å². The third-order valence-electron chi connectivity index (χ3n) is 1.69. The normalized spacial score (nSPS) is 10.4. The van der Waals surface area contributed by atoms with E-state index in [-0.39, 0.29) is 4.83 Å². The lowest BCUT2D eigenvalue weighted by atomic mass is 10.2. The van der Waals surface area contributed by atoms with Gasteiger partial charge in [0.25, 0.3) is 0 Å². The molecule has 0 fully saturated rings. The zero-order chi connectivity index (χ0) is 17.5. The first kappa shape index (κ1) is 24.9. The van der Waals surface area contributed by atoms with E-state index in [0.717, 1.165) is 18.4 Å². The second kappa shape index (κ2) is 15.4. The van der Waals surface area contributed by atoms with Crippen molar-refractivity contribution < 1.29 is 18.0 Å². The first-order valence-electron chi connectivity index (χ1n) is 6.75. The quantitative estimate of drug-likeness (QED) is 0.528. The molecule has 124 valence electrons. The minimum Gasteiger partial charge on any atom is -0.388 e. The van der Waals surface area contributed by atoms with Gasteiger partial charge in [-0.05, 0) is 31.2 Å². The lowest BCUT2D eigenvalue weighted by Gasteiger charge is -2.06. The summed E-state index contributed by atoms with van der Waals surface area (Å²) in [6.45, 7) is 9.77. The van der Waals surface area contributed by atoms with Gasteiger partial charge in [-0.15, -0.1) is 0 Å². The smallest absolute Gasteiger partial charge is 0.388 e. The molecular weight excluding hydrogens is 347 g/mol. The zero-order valence-corrected chi connectivity index (χ0v) is 15.0. The molecule has 6 heteroatoms. The highest BCUT2D eigenvalue weighted by Crippen LogP contribution is 2.29. The van der Waals surface area contributed by atoms with Crippen molar-refractivity contribution in [3.05, 3.63) is 29.8 Å². The largest absolute Gasteiger partial charge is 0.416 e. The predicted molar refractivity (Wildman–Crippen MR) is 88.1 cm³/mol. The summed E-state index contributed by atoms with van der Waals surface area (Å²) >= 11 is 3.01. The van der Waals surface area contributed by atoms with Crippen molar-refractivity contribution in [3.63, 3.8) is 0 Å². The van der Waals surface area contributed by atoms with Crippen molar-refractivity contribution >= 4 is 27.9 Å². The van der Waals surface area contributed by atoms with E-state index < -0.39 is 11.7 Å². The van der Waals surface area contributed by atoms with Crippen LogP contribution in [0.2, 0.25) is 0 Å². The van der Waals surface area contributed by atoms with E-state index in [1.807, 2.05) is 27.7 Å². The summed E-state index contributed by atoms with van der Waals surface area (Å²) in [4.78, 5) is 9.47. The number of aldehydes is 1. The summed E-state index contributed by atoms with van der Waals surface area (Å²) in [5, 5.41) is 2.74. The monoisotopic (exact) mass is 371 g/mol. The maximum atomic E-state index is 12.0. The van der Waals surface area contributed by atoms with Crippen LogP contribution in [0.5, 0.6) is 0 Å². The van der Waals surface area contributed by atoms with E-state index in [1.54, 1.807) is 14.0 Å². The van der Waals surface area contributed by atoms with Crippen molar-refractivity contribution in [2.75, 3.05) is 12.4 Å². The van der Waals surface area contributed by atoms with E-state index in [1.165, 1.54) is 12.1 Å². The number of alkyl halides is 4. The topological polar surface area (TPSA) is 29.1 Å². The molecule has 2 nitrogen and oxygen atoms in total. The molecule has 21 heavy (non-hydrogen) atoms. The number of anilines is 1. The first-order valence-corrected chi connectivity index (χ1v) is 7.67. The van der Waals surface area contributed by atoms with Gasteiger partial charge in [-0.1, -0.05) is 43.6 Å². The molecule has 1 rings (SSSR count). The van der Waals surface area contributed by atoms with Crippen molar-refractivity contribution in [2.24, 2.45) is 0 Å². The fraction of sp³-hybridized carbons (Fsp3) is 0.533. The standard InChI is InChI=1S/C8H8F3N.C3H5BrO.2C2H6/c1-12-7-4-2-6(3-5-7)8(9,10)11;1-3(4)2-5;2*1-2/h2-5,12H,1H3;2-3H,1H3;2*1-2H3. The number of nitrogens with one attached hydrogen (secondary N) is 1. The number of hydrogen-bond donors (Lipinski definition) is 1. The van der Waals surface area contributed by atoms with Crippen LogP contribution in [-0.2, 0) is 11.0 Å². The molecule has 0 aliphatic heterocycles. The Morgan fingerprint density at radius 2 is 1.43 bits per heavy atom. The van der Waals surface area contributed by atoms with Gasteiger partial charge >= 0.3 is 6.18 Å². The fourth-order valence-corrected chi connectivity index (χ4v) is 0.826. The molecule has 0 bridgehead atoms. The molecular formula is C15H25BrF3NO. The maximum Gasteiger partial charge on any atom is 0.416 e. The third kappa shape index (κ3) is 15.2. The molecule has 0 aliphatic rings. The third-order valence-corrected chi connectivity index (χ3v) is 1.90. The van der Waals surface area contributed by atoms with Crippen molar-refractivity contribution in [2.45, 2.75) is 45.6 Å². The number of carbonyl (C=O) groups is 1. The minimum atomic E-state index is -4.24. The Hall–Kier alpha value is -1.04. The van der Waals surface area contributed by atoms with Crippen LogP contribution < -0.4 is 5.32 Å². The van der Waals surface area contributed by atoms with Gasteiger partial charge in [0, 0.05) is 12.7 Å². The molecule has 0 heterocycles. The van der Waals surface area contributed by atoms with Gasteiger partial charge in [-0.3, -0.25) is 0 Å². The Balaban J connectivity index is -0.000000304. The van der Waals surface area contributed by atoms with Crippen LogP contribution in [0.3, 0.4) is 0 Å². The van der Waals surface area contributed by atoms with Gasteiger partial charge in [0.15, 0.2) is 0 Å². The molecule has 0 radical (unpaired) electrons. The lowest BCUT2D eigenvalue weighted by Crippen LogP contribution is -2.04. The fourth-order valence-electron chi connectivity index (χ4n) is 0.826. The average Bonchev–Trinajstić information content (AvgIpc) is 2.51. The summed E-state index contributed by atoms with van der Waals surface area (Å²) in [5.41, 5.74) is 0.0458.